The van der Waals surface area contributed by atoms with Crippen molar-refractivity contribution in [2.75, 3.05) is 11.9 Å². The number of nitrogens with one attached hydrogen (secondary N) is 1. The predicted molar refractivity (Wildman–Crippen MR) is 353 cm³/mol. The van der Waals surface area contributed by atoms with E-state index < -0.39 is 41.5 Å². The quantitative estimate of drug-likeness (QED) is 0.0430. The summed E-state index contributed by atoms with van der Waals surface area (Å²) in [4.78, 5) is 20.5. The summed E-state index contributed by atoms with van der Waals surface area (Å²) in [6, 6.07) is 79.7. The number of pyridine rings is 1. The normalized spacial score (nSPS) is 14.4. The Kier molecular flexibility index (Phi) is 16.5. The van der Waals surface area contributed by atoms with Crippen molar-refractivity contribution in [1.82, 2.24) is 34.7 Å². The van der Waals surface area contributed by atoms with Gasteiger partial charge >= 0.3 is 13.2 Å². The van der Waals surface area contributed by atoms with E-state index >= 15 is 0 Å². The lowest BCUT2D eigenvalue weighted by Crippen LogP contribution is -2.41. The van der Waals surface area contributed by atoms with Crippen LogP contribution in [0, 0.1) is 0 Å². The molecule has 2 N–H and O–H groups in total. The number of fused-ring (bicyclic) bond motifs is 1. The van der Waals surface area contributed by atoms with Crippen LogP contribution in [-0.4, -0.2) is 76.8 Å². The Hall–Kier alpha value is -9.16. The molecule has 8 aromatic carbocycles. The van der Waals surface area contributed by atoms with E-state index in [4.69, 9.17) is 29.3 Å². The number of ether oxygens (including phenoxy) is 1. The number of benzene rings is 8. The Morgan fingerprint density at radius 2 is 1.14 bits per heavy atom. The van der Waals surface area contributed by atoms with Gasteiger partial charge < -0.3 is 29.4 Å². The molecule has 11 aromatic rings. The Labute approximate surface area is 521 Å². The Balaban J connectivity index is 0.885. The van der Waals surface area contributed by atoms with Gasteiger partial charge in [0.1, 0.15) is 33.9 Å². The van der Waals surface area contributed by atoms with Crippen LogP contribution in [-0.2, 0) is 33.4 Å². The third-order valence-electron chi connectivity index (χ3n) is 16.8. The molecule has 1 saturated heterocycles. The average molecular weight is 1260 g/mol. The fraction of sp³-hybridized carbons (Fsp3) is 0.181. The Bertz CT molecular complexity index is 3980. The van der Waals surface area contributed by atoms with E-state index in [0.717, 1.165) is 59.1 Å². The summed E-state index contributed by atoms with van der Waals surface area (Å²) in [6.45, 7) is 10.7. The van der Waals surface area contributed by atoms with E-state index in [1.54, 1.807) is 6.20 Å². The molecule has 1 amide bonds. The zero-order valence-corrected chi connectivity index (χ0v) is 51.3. The number of hydrogen-bond acceptors (Lipinski definition) is 9. The summed E-state index contributed by atoms with van der Waals surface area (Å²) in [5.74, 6) is 1.86. The largest absolute Gasteiger partial charge is 0.498 e. The second-order valence-corrected chi connectivity index (χ2v) is 24.2. The number of carbonyl (C=O) groups is 1. The summed E-state index contributed by atoms with van der Waals surface area (Å²) >= 11 is 2.32. The van der Waals surface area contributed by atoms with Gasteiger partial charge in [0, 0.05) is 39.6 Å². The molecule has 1 aliphatic rings. The number of aromatic nitrogens is 6. The SMILES string of the molecule is CC(Cc1cccc(Oc2cccc(Cn3cc(B4OC(C)(C)C(C)(C)O4)cn3)c2)c1)N(CC=C(I)c1cc(NC(c2ccccc2)(c2ccccc2)c2ccccc2)nc2c1nnn2C(c1ccccc1)(c1ccccc1)c1ccccc1)C(=O)O. The fourth-order valence-electron chi connectivity index (χ4n) is 11.8. The molecular weight excluding hydrogens is 1190 g/mol. The van der Waals surface area contributed by atoms with Gasteiger partial charge in [0.15, 0.2) is 5.65 Å². The number of amides is 1. The number of nitrogens with zero attached hydrogens (tertiary/aromatic N) is 7. The van der Waals surface area contributed by atoms with Crippen molar-refractivity contribution >= 4 is 61.8 Å². The molecular formula is C72H66BIN8O5. The maximum Gasteiger partial charge on any atom is 0.498 e. The molecule has 12 rings (SSSR count). The number of carboxylic acid groups (broad SMARTS) is 1. The molecule has 1 unspecified atom stereocenters. The zero-order chi connectivity index (χ0) is 60.2. The molecule has 87 heavy (non-hydrogen) atoms. The highest BCUT2D eigenvalue weighted by molar-refractivity contribution is 14.1. The minimum atomic E-state index is -1.06. The van der Waals surface area contributed by atoms with Gasteiger partial charge in [-0.2, -0.15) is 5.10 Å². The van der Waals surface area contributed by atoms with Crippen LogP contribution in [0.3, 0.4) is 0 Å². The van der Waals surface area contributed by atoms with Gasteiger partial charge in [-0.05, 0) is 138 Å². The smallest absolute Gasteiger partial charge is 0.465 e. The number of halogens is 1. The first-order valence-electron chi connectivity index (χ1n) is 29.2. The second-order valence-electron chi connectivity index (χ2n) is 23.0. The lowest BCUT2D eigenvalue weighted by atomic mass is 9.77. The maximum absolute atomic E-state index is 13.4. The second kappa shape index (κ2) is 24.7. The first kappa shape index (κ1) is 58.2. The molecule has 1 aliphatic heterocycles. The Morgan fingerprint density at radius 1 is 0.667 bits per heavy atom. The van der Waals surface area contributed by atoms with Crippen LogP contribution in [0.2, 0.25) is 0 Å². The van der Waals surface area contributed by atoms with Gasteiger partial charge in [0.25, 0.3) is 0 Å². The third-order valence-corrected chi connectivity index (χ3v) is 17.8. The minimum absolute atomic E-state index is 0.0802. The molecule has 0 saturated carbocycles. The van der Waals surface area contributed by atoms with Crippen molar-refractivity contribution in [2.24, 2.45) is 0 Å². The molecule has 434 valence electrons. The van der Waals surface area contributed by atoms with Gasteiger partial charge in [-0.15, -0.1) is 5.10 Å². The van der Waals surface area contributed by atoms with Crippen molar-refractivity contribution in [1.29, 1.82) is 0 Å². The third kappa shape index (κ3) is 11.7. The lowest BCUT2D eigenvalue weighted by Gasteiger charge is -2.38. The van der Waals surface area contributed by atoms with Gasteiger partial charge in [0.2, 0.25) is 0 Å². The van der Waals surface area contributed by atoms with Crippen molar-refractivity contribution in [3.05, 3.63) is 305 Å². The molecule has 0 bridgehead atoms. The summed E-state index contributed by atoms with van der Waals surface area (Å²) in [7, 11) is -0.497. The number of rotatable bonds is 20. The van der Waals surface area contributed by atoms with Crippen LogP contribution in [0.25, 0.3) is 14.7 Å². The lowest BCUT2D eigenvalue weighted by molar-refractivity contribution is 0.00578. The molecule has 0 spiro atoms. The number of hydrogen-bond donors (Lipinski definition) is 2. The van der Waals surface area contributed by atoms with E-state index in [1.807, 2.05) is 184 Å². The topological polar surface area (TPSA) is 142 Å². The van der Waals surface area contributed by atoms with Crippen molar-refractivity contribution < 1.29 is 23.9 Å². The van der Waals surface area contributed by atoms with Crippen LogP contribution in [0.4, 0.5) is 10.6 Å². The summed E-state index contributed by atoms with van der Waals surface area (Å²) < 4.78 is 23.6. The average Bonchev–Trinajstić information content (AvgIpc) is 1.74. The van der Waals surface area contributed by atoms with E-state index in [-0.39, 0.29) is 6.54 Å². The molecule has 1 atom stereocenters. The summed E-state index contributed by atoms with van der Waals surface area (Å²) in [5.41, 5.74) is 7.55. The molecule has 0 radical (unpaired) electrons. The van der Waals surface area contributed by atoms with Crippen LogP contribution in [0.1, 0.15) is 84.7 Å². The highest BCUT2D eigenvalue weighted by atomic mass is 127. The van der Waals surface area contributed by atoms with E-state index in [9.17, 15) is 9.90 Å². The predicted octanol–water partition coefficient (Wildman–Crippen LogP) is 14.8. The van der Waals surface area contributed by atoms with Crippen LogP contribution >= 0.6 is 22.6 Å². The monoisotopic (exact) mass is 1260 g/mol. The highest BCUT2D eigenvalue weighted by Crippen LogP contribution is 2.45. The van der Waals surface area contributed by atoms with E-state index in [0.29, 0.717) is 41.4 Å². The van der Waals surface area contributed by atoms with Gasteiger partial charge in [-0.3, -0.25) is 4.68 Å². The molecule has 15 heteroatoms. The number of anilines is 1. The van der Waals surface area contributed by atoms with Crippen LogP contribution in [0.15, 0.2) is 255 Å². The molecule has 3 aromatic heterocycles. The van der Waals surface area contributed by atoms with Crippen molar-refractivity contribution in [2.45, 2.75) is 75.9 Å². The first-order chi connectivity index (χ1) is 42.2. The van der Waals surface area contributed by atoms with Gasteiger partial charge in [-0.25, -0.2) is 14.5 Å². The van der Waals surface area contributed by atoms with Gasteiger partial charge in [-0.1, -0.05) is 218 Å². The first-order valence-corrected chi connectivity index (χ1v) is 30.3. The van der Waals surface area contributed by atoms with Crippen molar-refractivity contribution in [3.8, 4) is 11.5 Å². The zero-order valence-electron chi connectivity index (χ0n) is 49.1. The molecule has 0 aliphatic carbocycles. The van der Waals surface area contributed by atoms with E-state index in [1.165, 1.54) is 4.90 Å². The van der Waals surface area contributed by atoms with Crippen LogP contribution < -0.4 is 15.5 Å². The maximum atomic E-state index is 13.4. The minimum Gasteiger partial charge on any atom is -0.465 e. The fourth-order valence-corrected chi connectivity index (χ4v) is 12.4. The van der Waals surface area contributed by atoms with Crippen molar-refractivity contribution in [3.63, 3.8) is 0 Å². The molecule has 1 fully saturated rings. The summed E-state index contributed by atoms with van der Waals surface area (Å²) in [5, 5.41) is 29.8. The molecule has 4 heterocycles. The Morgan fingerprint density at radius 3 is 1.63 bits per heavy atom. The highest BCUT2D eigenvalue weighted by Gasteiger charge is 2.52. The van der Waals surface area contributed by atoms with Crippen LogP contribution in [0.5, 0.6) is 11.5 Å². The standard InChI is InChI=1S/C72H66BIN8O5/c1-51(44-52-26-24-40-61(45-52)85-62-41-25-27-53(46-62)49-80-50-60(48-75-80)73-86-69(2,3)70(4,5)87-73)81(68(83)84)43-42-64(74)63-47-65(77-71(54-28-12-6-13-29-54,55-30-14-7-15-31-55)56-32-16-8-17-33-56)76-67-66(63)78-79-82(67)72(57-34-18-9-19-35-57,58-36-20-10-21-37-58)59-38-22-11-23-39-59/h6-42,45-48,50-51H,43-44,49H2,1-5H3,(H,76,77)(H,83,84). The van der Waals surface area contributed by atoms with Gasteiger partial charge in [0.05, 0.1) is 17.7 Å². The summed E-state index contributed by atoms with van der Waals surface area (Å²) in [6.07, 6.45) is 5.09. The van der Waals surface area contributed by atoms with E-state index in [2.05, 4.69) is 142 Å². The molecule has 13 nitrogen and oxygen atoms in total.